The smallest absolute Gasteiger partial charge is 0.154 e. The molecule has 0 radical (unpaired) electrons. The predicted octanol–water partition coefficient (Wildman–Crippen LogP) is 1.57. The Balaban J connectivity index is 2.37. The second-order valence-corrected chi connectivity index (χ2v) is 5.15. The molecule has 0 bridgehead atoms. The van der Waals surface area contributed by atoms with Crippen molar-refractivity contribution < 1.29 is 9.47 Å². The third-order valence-electron chi connectivity index (χ3n) is 2.96. The van der Waals surface area contributed by atoms with E-state index in [1.165, 1.54) is 0 Å². The third-order valence-corrected chi connectivity index (χ3v) is 4.94. The molecule has 2 heterocycles. The van der Waals surface area contributed by atoms with Crippen LogP contribution >= 0.6 is 25.3 Å². The fraction of sp³-hybridized carbons (Fsp3) is 1.00. The summed E-state index contributed by atoms with van der Waals surface area (Å²) in [6.07, 6.45) is 0. The quantitative estimate of drug-likeness (QED) is 0.586. The molecule has 0 unspecified atom stereocenters. The van der Waals surface area contributed by atoms with Gasteiger partial charge in [-0.05, 0) is 0 Å². The highest BCUT2D eigenvalue weighted by Gasteiger charge is 2.64. The van der Waals surface area contributed by atoms with Crippen molar-refractivity contribution in [2.24, 2.45) is 11.8 Å². The van der Waals surface area contributed by atoms with Gasteiger partial charge in [0, 0.05) is 11.8 Å². The van der Waals surface area contributed by atoms with Crippen LogP contribution in [0.25, 0.3) is 0 Å². The monoisotopic (exact) mass is 206 g/mol. The van der Waals surface area contributed by atoms with Gasteiger partial charge in [0.05, 0.1) is 13.2 Å². The first kappa shape index (κ1) is 9.19. The average molecular weight is 206 g/mol. The molecule has 0 N–H and O–H groups in total. The van der Waals surface area contributed by atoms with Gasteiger partial charge >= 0.3 is 0 Å². The number of thiol groups is 2. The van der Waals surface area contributed by atoms with Gasteiger partial charge in [0.1, 0.15) is 0 Å². The number of ether oxygens (including phenoxy) is 2. The molecule has 4 heteroatoms. The first-order chi connectivity index (χ1) is 5.51. The fourth-order valence-electron chi connectivity index (χ4n) is 1.93. The Morgan fingerprint density at radius 3 is 1.67 bits per heavy atom. The molecule has 0 aromatic carbocycles. The largest absolute Gasteiger partial charge is 0.360 e. The summed E-state index contributed by atoms with van der Waals surface area (Å²) in [6.45, 7) is 5.56. The molecule has 2 saturated heterocycles. The van der Waals surface area contributed by atoms with Crippen LogP contribution in [0.2, 0.25) is 0 Å². The zero-order valence-electron chi connectivity index (χ0n) is 7.28. The molecule has 0 amide bonds. The minimum atomic E-state index is -0.491. The maximum absolute atomic E-state index is 5.65. The van der Waals surface area contributed by atoms with Crippen LogP contribution < -0.4 is 0 Å². The predicted molar refractivity (Wildman–Crippen MR) is 53.7 cm³/mol. The van der Waals surface area contributed by atoms with E-state index < -0.39 is 9.87 Å². The molecule has 0 spiro atoms. The van der Waals surface area contributed by atoms with Crippen LogP contribution in [-0.2, 0) is 9.47 Å². The van der Waals surface area contributed by atoms with Crippen molar-refractivity contribution in [1.29, 1.82) is 0 Å². The van der Waals surface area contributed by atoms with Gasteiger partial charge in [0.2, 0.25) is 0 Å². The van der Waals surface area contributed by atoms with Crippen LogP contribution in [0.15, 0.2) is 0 Å². The maximum Gasteiger partial charge on any atom is 0.154 e. The molecule has 4 atom stereocenters. The van der Waals surface area contributed by atoms with E-state index in [4.69, 9.17) is 9.47 Å². The maximum atomic E-state index is 5.65. The Morgan fingerprint density at radius 1 is 1.00 bits per heavy atom. The summed E-state index contributed by atoms with van der Waals surface area (Å²) in [7, 11) is 0. The Kier molecular flexibility index (Phi) is 1.96. The zero-order valence-corrected chi connectivity index (χ0v) is 9.07. The summed E-state index contributed by atoms with van der Waals surface area (Å²) >= 11 is 9.11. The van der Waals surface area contributed by atoms with Crippen LogP contribution in [-0.4, -0.2) is 23.1 Å². The van der Waals surface area contributed by atoms with Gasteiger partial charge in [-0.2, -0.15) is 0 Å². The molecule has 2 fully saturated rings. The van der Waals surface area contributed by atoms with Crippen molar-refractivity contribution in [2.75, 3.05) is 13.2 Å². The van der Waals surface area contributed by atoms with Gasteiger partial charge < -0.3 is 9.47 Å². The second kappa shape index (κ2) is 2.56. The highest BCUT2D eigenvalue weighted by Crippen LogP contribution is 2.56. The Hall–Kier alpha value is 0.620. The number of rotatable bonds is 0. The molecule has 70 valence electrons. The van der Waals surface area contributed by atoms with E-state index in [0.29, 0.717) is 25.0 Å². The summed E-state index contributed by atoms with van der Waals surface area (Å²) < 4.78 is 11.3. The van der Waals surface area contributed by atoms with E-state index in [1.807, 2.05) is 0 Å². The van der Waals surface area contributed by atoms with Crippen molar-refractivity contribution in [3.63, 3.8) is 0 Å². The van der Waals surface area contributed by atoms with E-state index in [0.717, 1.165) is 0 Å². The topological polar surface area (TPSA) is 18.5 Å². The number of fused-ring (bicyclic) bond motifs is 1. The summed E-state index contributed by atoms with van der Waals surface area (Å²) in [6, 6.07) is 0. The van der Waals surface area contributed by atoms with Crippen LogP contribution in [0.4, 0.5) is 0 Å². The minimum Gasteiger partial charge on any atom is -0.360 e. The van der Waals surface area contributed by atoms with Crippen LogP contribution in [0.1, 0.15) is 13.8 Å². The Labute approximate surface area is 83.8 Å². The van der Waals surface area contributed by atoms with Crippen molar-refractivity contribution >= 4 is 25.3 Å². The van der Waals surface area contributed by atoms with E-state index in [1.54, 1.807) is 0 Å². The summed E-state index contributed by atoms with van der Waals surface area (Å²) in [5.74, 6) is 0.617. The van der Waals surface area contributed by atoms with E-state index in [2.05, 4.69) is 39.1 Å². The van der Waals surface area contributed by atoms with Gasteiger partial charge in [-0.15, -0.1) is 25.3 Å². The summed E-state index contributed by atoms with van der Waals surface area (Å²) in [5, 5.41) is 0. The van der Waals surface area contributed by atoms with Gasteiger partial charge in [0.15, 0.2) is 9.87 Å². The second-order valence-electron chi connectivity index (χ2n) is 3.82. The molecular formula is C8H14O2S2. The van der Waals surface area contributed by atoms with Crippen molar-refractivity contribution in [2.45, 2.75) is 23.7 Å². The molecule has 12 heavy (non-hydrogen) atoms. The molecule has 2 rings (SSSR count). The van der Waals surface area contributed by atoms with Crippen LogP contribution in [0.3, 0.4) is 0 Å². The van der Waals surface area contributed by atoms with Crippen LogP contribution in [0.5, 0.6) is 0 Å². The first-order valence-electron chi connectivity index (χ1n) is 4.23. The SMILES string of the molecule is C[C@@H]1CO[C@]2(S)[C@@H](C)CO[C@]12S. The first-order valence-corrected chi connectivity index (χ1v) is 5.13. The van der Waals surface area contributed by atoms with Crippen LogP contribution in [0, 0.1) is 11.8 Å². The van der Waals surface area contributed by atoms with Gasteiger partial charge in [-0.1, -0.05) is 13.8 Å². The lowest BCUT2D eigenvalue weighted by molar-refractivity contribution is 0.0180. The van der Waals surface area contributed by atoms with E-state index in [-0.39, 0.29) is 0 Å². The van der Waals surface area contributed by atoms with Crippen molar-refractivity contribution in [3.8, 4) is 0 Å². The molecule has 0 aromatic heterocycles. The van der Waals surface area contributed by atoms with E-state index >= 15 is 0 Å². The normalized spacial score (nSPS) is 59.0. The molecule has 0 saturated carbocycles. The van der Waals surface area contributed by atoms with E-state index in [9.17, 15) is 0 Å². The Bertz CT molecular complexity index is 189. The molecule has 2 nitrogen and oxygen atoms in total. The van der Waals surface area contributed by atoms with Gasteiger partial charge in [0.25, 0.3) is 0 Å². The summed E-state index contributed by atoms with van der Waals surface area (Å²) in [5.41, 5.74) is 0. The Morgan fingerprint density at radius 2 is 1.33 bits per heavy atom. The molecular weight excluding hydrogens is 192 g/mol. The number of hydrogen-bond acceptors (Lipinski definition) is 4. The number of hydrogen-bond donors (Lipinski definition) is 2. The molecule has 2 aliphatic heterocycles. The van der Waals surface area contributed by atoms with Gasteiger partial charge in [-0.25, -0.2) is 0 Å². The third kappa shape index (κ3) is 0.870. The highest BCUT2D eigenvalue weighted by atomic mass is 32.1. The lowest BCUT2D eigenvalue weighted by atomic mass is 9.97. The standard InChI is InChI=1S/C8H14O2S2/c1-5-3-9-8(12)6(2)4-10-7(5,8)11/h5-6,11-12H,3-4H2,1-2H3/t5-,6+,7-,8-/m0/s1. The average Bonchev–Trinajstić information content (AvgIpc) is 2.39. The fourth-order valence-corrected chi connectivity index (χ4v) is 2.80. The van der Waals surface area contributed by atoms with Crippen molar-refractivity contribution in [1.82, 2.24) is 0 Å². The summed E-state index contributed by atoms with van der Waals surface area (Å²) in [4.78, 5) is -0.981. The zero-order chi connectivity index (χ0) is 8.98. The molecule has 2 aliphatic rings. The van der Waals surface area contributed by atoms with Crippen molar-refractivity contribution in [3.05, 3.63) is 0 Å². The lowest BCUT2D eigenvalue weighted by Crippen LogP contribution is -2.44. The van der Waals surface area contributed by atoms with Gasteiger partial charge in [-0.3, -0.25) is 0 Å². The minimum absolute atomic E-state index is 0.309. The molecule has 0 aromatic rings. The lowest BCUT2D eigenvalue weighted by Gasteiger charge is -2.33. The molecule has 0 aliphatic carbocycles. The highest BCUT2D eigenvalue weighted by molar-refractivity contribution is 7.86.